The van der Waals surface area contributed by atoms with Gasteiger partial charge in [-0.05, 0) is 25.8 Å². The fourth-order valence-corrected chi connectivity index (χ4v) is 6.13. The van der Waals surface area contributed by atoms with Gasteiger partial charge in [0.25, 0.3) is 0 Å². The summed E-state index contributed by atoms with van der Waals surface area (Å²) in [6.07, 6.45) is 3.49. The Morgan fingerprint density at radius 3 is 1.96 bits per heavy atom. The second-order valence-electron chi connectivity index (χ2n) is 6.02. The maximum Gasteiger partial charge on any atom is 0.159 e. The summed E-state index contributed by atoms with van der Waals surface area (Å²) in [6, 6.07) is 19.5. The fraction of sp³-hybridized carbons (Fsp3) is 0.400. The van der Waals surface area contributed by atoms with Crippen LogP contribution in [0.4, 0.5) is 0 Å². The zero-order valence-electron chi connectivity index (χ0n) is 14.4. The number of rotatable bonds is 10. The summed E-state index contributed by atoms with van der Waals surface area (Å²) in [5, 5.41) is 14.6. The van der Waals surface area contributed by atoms with Crippen molar-refractivity contribution in [3.63, 3.8) is 0 Å². The Hall–Kier alpha value is -1.41. The molecule has 4 heteroatoms. The quantitative estimate of drug-likeness (QED) is 0.512. The lowest BCUT2D eigenvalue weighted by Crippen LogP contribution is -2.37. The molecule has 0 spiro atoms. The van der Waals surface area contributed by atoms with Crippen molar-refractivity contribution in [3.8, 4) is 0 Å². The third-order valence-corrected chi connectivity index (χ3v) is 7.71. The first-order valence-corrected chi connectivity index (χ1v) is 10.6. The number of unbranched alkanes of at least 4 members (excludes halogenated alkanes) is 1. The molecule has 0 amide bonds. The van der Waals surface area contributed by atoms with Crippen molar-refractivity contribution in [2.45, 2.75) is 38.4 Å². The van der Waals surface area contributed by atoms with E-state index in [4.69, 9.17) is 0 Å². The summed E-state index contributed by atoms with van der Waals surface area (Å²) < 4.78 is 14.3. The van der Waals surface area contributed by atoms with Crippen LogP contribution in [0.3, 0.4) is 0 Å². The number of hydrogen-bond donors (Lipinski definition) is 2. The molecule has 0 heterocycles. The van der Waals surface area contributed by atoms with Gasteiger partial charge < -0.3 is 15.0 Å². The van der Waals surface area contributed by atoms with Crippen LogP contribution in [0, 0.1) is 0 Å². The molecule has 0 aliphatic rings. The third-order valence-electron chi connectivity index (χ3n) is 4.26. The molecule has 24 heavy (non-hydrogen) atoms. The van der Waals surface area contributed by atoms with E-state index in [9.17, 15) is 9.67 Å². The van der Waals surface area contributed by atoms with E-state index in [0.29, 0.717) is 12.8 Å². The van der Waals surface area contributed by atoms with Gasteiger partial charge in [0.05, 0.1) is 5.78 Å². The number of aliphatic hydroxyl groups is 1. The van der Waals surface area contributed by atoms with E-state index in [-0.39, 0.29) is 12.4 Å². The van der Waals surface area contributed by atoms with Crippen molar-refractivity contribution in [2.75, 3.05) is 13.2 Å². The highest BCUT2D eigenvalue weighted by molar-refractivity contribution is 7.79. The Morgan fingerprint density at radius 1 is 0.958 bits per heavy atom. The number of hydrogen-bond acceptors (Lipinski definition) is 3. The molecule has 2 aromatic rings. The second kappa shape index (κ2) is 9.78. The summed E-state index contributed by atoms with van der Waals surface area (Å²) >= 11 is 0. The van der Waals surface area contributed by atoms with Crippen molar-refractivity contribution in [2.24, 2.45) is 0 Å². The van der Waals surface area contributed by atoms with Crippen LogP contribution >= 0.6 is 7.14 Å². The fourth-order valence-electron chi connectivity index (χ4n) is 2.95. The molecular formula is C20H28NO2P. The molecule has 3 nitrogen and oxygen atoms in total. The average Bonchev–Trinajstić information content (AvgIpc) is 2.65. The minimum absolute atomic E-state index is 0.121. The van der Waals surface area contributed by atoms with Gasteiger partial charge in [0.2, 0.25) is 0 Å². The molecular weight excluding hydrogens is 317 g/mol. The number of benzene rings is 2. The molecule has 2 N–H and O–H groups in total. The highest BCUT2D eigenvalue weighted by Gasteiger charge is 2.35. The maximum atomic E-state index is 14.3. The normalized spacial score (nSPS) is 12.9. The number of nitrogens with one attached hydrogen (secondary N) is 1. The van der Waals surface area contributed by atoms with Crippen molar-refractivity contribution >= 4 is 17.8 Å². The lowest BCUT2D eigenvalue weighted by atomic mass is 10.3. The van der Waals surface area contributed by atoms with Crippen LogP contribution in [0.25, 0.3) is 0 Å². The lowest BCUT2D eigenvalue weighted by Gasteiger charge is -2.30. The van der Waals surface area contributed by atoms with Gasteiger partial charge in [-0.3, -0.25) is 0 Å². The van der Waals surface area contributed by atoms with Gasteiger partial charge in [-0.25, -0.2) is 0 Å². The van der Waals surface area contributed by atoms with Crippen LogP contribution in [-0.4, -0.2) is 24.0 Å². The maximum absolute atomic E-state index is 14.3. The monoisotopic (exact) mass is 345 g/mol. The summed E-state index contributed by atoms with van der Waals surface area (Å²) in [6.45, 7) is 3.12. The summed E-state index contributed by atoms with van der Waals surface area (Å²) in [7, 11) is -2.83. The Morgan fingerprint density at radius 2 is 1.50 bits per heavy atom. The summed E-state index contributed by atoms with van der Waals surface area (Å²) in [5.74, 6) is -0.152. The molecule has 0 aliphatic carbocycles. The van der Waals surface area contributed by atoms with Gasteiger partial charge in [0.1, 0.15) is 0 Å². The van der Waals surface area contributed by atoms with Crippen molar-refractivity contribution in [1.29, 1.82) is 0 Å². The molecule has 0 aromatic heterocycles. The summed E-state index contributed by atoms with van der Waals surface area (Å²) in [5.41, 5.74) is 0. The molecule has 2 rings (SSSR count). The highest BCUT2D eigenvalue weighted by Crippen LogP contribution is 2.49. The molecule has 1 unspecified atom stereocenters. The van der Waals surface area contributed by atoms with E-state index in [1.54, 1.807) is 0 Å². The molecule has 2 aromatic carbocycles. The van der Waals surface area contributed by atoms with E-state index in [1.807, 2.05) is 60.7 Å². The Balaban J connectivity index is 2.43. The molecule has 0 saturated heterocycles. The minimum Gasteiger partial charge on any atom is -0.396 e. The molecule has 0 radical (unpaired) electrons. The lowest BCUT2D eigenvalue weighted by molar-refractivity contribution is 0.281. The van der Waals surface area contributed by atoms with Crippen LogP contribution in [0.1, 0.15) is 32.6 Å². The predicted molar refractivity (Wildman–Crippen MR) is 103 cm³/mol. The van der Waals surface area contributed by atoms with Crippen molar-refractivity contribution < 1.29 is 9.67 Å². The Labute approximate surface area is 145 Å². The average molecular weight is 345 g/mol. The van der Waals surface area contributed by atoms with Crippen molar-refractivity contribution in [3.05, 3.63) is 60.7 Å². The van der Waals surface area contributed by atoms with Gasteiger partial charge in [0, 0.05) is 17.2 Å². The zero-order valence-corrected chi connectivity index (χ0v) is 15.3. The topological polar surface area (TPSA) is 49.3 Å². The first-order chi connectivity index (χ1) is 11.7. The smallest absolute Gasteiger partial charge is 0.159 e. The molecule has 0 fully saturated rings. The summed E-state index contributed by atoms with van der Waals surface area (Å²) in [4.78, 5) is 0. The van der Waals surface area contributed by atoms with Crippen LogP contribution in [0.5, 0.6) is 0 Å². The molecule has 1 atom stereocenters. The van der Waals surface area contributed by atoms with E-state index < -0.39 is 7.14 Å². The molecule has 130 valence electrons. The van der Waals surface area contributed by atoms with E-state index in [2.05, 4.69) is 12.2 Å². The minimum atomic E-state index is -2.83. The van der Waals surface area contributed by atoms with Crippen LogP contribution in [0.2, 0.25) is 0 Å². The van der Waals surface area contributed by atoms with Crippen molar-refractivity contribution in [1.82, 2.24) is 5.32 Å². The van der Waals surface area contributed by atoms with Gasteiger partial charge in [-0.2, -0.15) is 0 Å². The van der Waals surface area contributed by atoms with E-state index >= 15 is 0 Å². The first-order valence-electron chi connectivity index (χ1n) is 8.78. The van der Waals surface area contributed by atoms with Gasteiger partial charge in [0.15, 0.2) is 7.14 Å². The van der Waals surface area contributed by atoms with Crippen LogP contribution in [0.15, 0.2) is 60.7 Å². The molecule has 0 bridgehead atoms. The standard InChI is InChI=1S/C20H28NO2P/c1-2-3-16-21-20(15-10-17-22)24(23,18-11-6-4-7-12-18)19-13-8-5-9-14-19/h4-9,11-14,20-22H,2-3,10,15-17H2,1H3. The Bertz CT molecular complexity index is 587. The highest BCUT2D eigenvalue weighted by atomic mass is 31.2. The molecule has 0 aliphatic heterocycles. The zero-order chi connectivity index (χ0) is 17.3. The first kappa shape index (κ1) is 18.9. The van der Waals surface area contributed by atoms with E-state index in [1.165, 1.54) is 0 Å². The van der Waals surface area contributed by atoms with Crippen LogP contribution in [-0.2, 0) is 4.57 Å². The van der Waals surface area contributed by atoms with E-state index in [0.717, 1.165) is 30.0 Å². The van der Waals surface area contributed by atoms with Crippen LogP contribution < -0.4 is 15.9 Å². The van der Waals surface area contributed by atoms with Gasteiger partial charge >= 0.3 is 0 Å². The SMILES string of the molecule is CCCCNC(CCCO)P(=O)(c1ccccc1)c1ccccc1. The van der Waals surface area contributed by atoms with Gasteiger partial charge in [-0.15, -0.1) is 0 Å². The number of aliphatic hydroxyl groups excluding tert-OH is 1. The second-order valence-corrected chi connectivity index (χ2v) is 8.99. The largest absolute Gasteiger partial charge is 0.396 e. The molecule has 0 saturated carbocycles. The Kier molecular flexibility index (Phi) is 7.71. The van der Waals surface area contributed by atoms with Gasteiger partial charge in [-0.1, -0.05) is 74.0 Å². The third kappa shape index (κ3) is 4.57. The predicted octanol–water partition coefficient (Wildman–Crippen LogP) is 3.49.